The third-order valence-corrected chi connectivity index (χ3v) is 4.87. The number of carbonyl (C=O) groups excluding carboxylic acids is 1. The summed E-state index contributed by atoms with van der Waals surface area (Å²) in [5.41, 5.74) is 0.755. The van der Waals surface area contributed by atoms with Crippen molar-refractivity contribution in [3.63, 3.8) is 0 Å². The number of fused-ring (bicyclic) bond motifs is 1. The monoisotopic (exact) mass is 424 g/mol. The zero-order valence-corrected chi connectivity index (χ0v) is 15.5. The first kappa shape index (κ1) is 17.0. The fourth-order valence-electron chi connectivity index (χ4n) is 2.40. The summed E-state index contributed by atoms with van der Waals surface area (Å²) in [7, 11) is 0. The van der Waals surface area contributed by atoms with Crippen molar-refractivity contribution in [2.75, 3.05) is 5.32 Å². The number of rotatable bonds is 3. The third-order valence-electron chi connectivity index (χ3n) is 3.53. The lowest BCUT2D eigenvalue weighted by atomic mass is 10.1. The summed E-state index contributed by atoms with van der Waals surface area (Å²) in [6.45, 7) is 1.35. The van der Waals surface area contributed by atoms with Gasteiger partial charge in [0.15, 0.2) is 5.78 Å². The summed E-state index contributed by atoms with van der Waals surface area (Å²) < 4.78 is 0.918. The molecule has 3 rings (SSSR count). The van der Waals surface area contributed by atoms with Gasteiger partial charge in [-0.15, -0.1) is 0 Å². The molecule has 1 heterocycles. The van der Waals surface area contributed by atoms with Crippen molar-refractivity contribution in [2.45, 2.75) is 6.92 Å². The van der Waals surface area contributed by atoms with Crippen LogP contribution in [0, 0.1) is 0 Å². The van der Waals surface area contributed by atoms with Crippen LogP contribution in [0.15, 0.2) is 45.7 Å². The predicted octanol–water partition coefficient (Wildman–Crippen LogP) is 5.54. The highest BCUT2D eigenvalue weighted by molar-refractivity contribution is 9.10. The van der Waals surface area contributed by atoms with E-state index < -0.39 is 5.43 Å². The van der Waals surface area contributed by atoms with Crippen LogP contribution in [0.4, 0.5) is 11.5 Å². The van der Waals surface area contributed by atoms with Gasteiger partial charge in [-0.25, -0.2) is 0 Å². The maximum absolute atomic E-state index is 12.7. The van der Waals surface area contributed by atoms with E-state index in [2.05, 4.69) is 26.2 Å². The molecule has 2 N–H and O–H groups in total. The van der Waals surface area contributed by atoms with Crippen molar-refractivity contribution in [1.29, 1.82) is 0 Å². The number of H-pyrrole nitrogens is 1. The first-order valence-corrected chi connectivity index (χ1v) is 8.51. The van der Waals surface area contributed by atoms with Crippen molar-refractivity contribution in [3.8, 4) is 0 Å². The van der Waals surface area contributed by atoms with Gasteiger partial charge in [0.05, 0.1) is 15.6 Å². The number of benzene rings is 2. The summed E-state index contributed by atoms with van der Waals surface area (Å²) in [4.78, 5) is 27.7. The molecule has 0 bridgehead atoms. The Hall–Kier alpha value is -1.82. The molecule has 0 amide bonds. The molecule has 0 aliphatic heterocycles. The molecule has 122 valence electrons. The predicted molar refractivity (Wildman–Crippen MR) is 102 cm³/mol. The van der Waals surface area contributed by atoms with Gasteiger partial charge >= 0.3 is 0 Å². The minimum atomic E-state index is -0.394. The molecule has 24 heavy (non-hydrogen) atoms. The van der Waals surface area contributed by atoms with Crippen LogP contribution in [0.1, 0.15) is 17.3 Å². The number of aromatic nitrogens is 1. The van der Waals surface area contributed by atoms with Gasteiger partial charge < -0.3 is 10.3 Å². The summed E-state index contributed by atoms with van der Waals surface area (Å²) in [5, 5.41) is 3.94. The van der Waals surface area contributed by atoms with Crippen LogP contribution in [0.2, 0.25) is 10.0 Å². The Morgan fingerprint density at radius 1 is 1.12 bits per heavy atom. The number of hydrogen-bond donors (Lipinski definition) is 2. The maximum Gasteiger partial charge on any atom is 0.202 e. The average molecular weight is 426 g/mol. The van der Waals surface area contributed by atoms with Gasteiger partial charge in [0.1, 0.15) is 11.4 Å². The average Bonchev–Trinajstić information content (AvgIpc) is 2.53. The Balaban J connectivity index is 2.26. The van der Waals surface area contributed by atoms with Gasteiger partial charge in [-0.05, 0) is 43.3 Å². The lowest BCUT2D eigenvalue weighted by Gasteiger charge is -2.13. The SMILES string of the molecule is CC(=O)c1c(Nc2ccc(Br)cc2)[nH]c2c(Cl)c(Cl)ccc2c1=O. The Kier molecular flexibility index (Phi) is 4.67. The summed E-state index contributed by atoms with van der Waals surface area (Å²) in [6.07, 6.45) is 0. The Morgan fingerprint density at radius 3 is 2.42 bits per heavy atom. The number of nitrogens with one attached hydrogen (secondary N) is 2. The fraction of sp³-hybridized carbons (Fsp3) is 0.0588. The second-order valence-corrected chi connectivity index (χ2v) is 6.88. The van der Waals surface area contributed by atoms with E-state index in [9.17, 15) is 9.59 Å². The largest absolute Gasteiger partial charge is 0.341 e. The first-order valence-electron chi connectivity index (χ1n) is 6.96. The van der Waals surface area contributed by atoms with Crippen LogP contribution < -0.4 is 10.7 Å². The number of hydrogen-bond acceptors (Lipinski definition) is 3. The molecule has 0 fully saturated rings. The number of anilines is 2. The zero-order valence-electron chi connectivity index (χ0n) is 12.4. The highest BCUT2D eigenvalue weighted by Gasteiger charge is 2.18. The van der Waals surface area contributed by atoms with E-state index in [1.54, 1.807) is 6.07 Å². The third kappa shape index (κ3) is 3.07. The molecule has 1 aromatic heterocycles. The highest BCUT2D eigenvalue weighted by Crippen LogP contribution is 2.30. The van der Waals surface area contributed by atoms with Crippen molar-refractivity contribution in [1.82, 2.24) is 4.98 Å². The lowest BCUT2D eigenvalue weighted by molar-refractivity contribution is 0.101. The Labute approximate surface area is 155 Å². The van der Waals surface area contributed by atoms with E-state index in [0.29, 0.717) is 21.6 Å². The minimum Gasteiger partial charge on any atom is -0.341 e. The second kappa shape index (κ2) is 6.59. The van der Waals surface area contributed by atoms with Gasteiger partial charge in [-0.1, -0.05) is 39.1 Å². The first-order chi connectivity index (χ1) is 11.4. The number of halogens is 3. The molecule has 0 aliphatic carbocycles. The molecule has 0 unspecified atom stereocenters. The van der Waals surface area contributed by atoms with Crippen molar-refractivity contribution in [2.24, 2.45) is 0 Å². The second-order valence-electron chi connectivity index (χ2n) is 5.18. The van der Waals surface area contributed by atoms with Crippen LogP contribution in [-0.2, 0) is 0 Å². The van der Waals surface area contributed by atoms with Crippen LogP contribution in [0.25, 0.3) is 10.9 Å². The van der Waals surface area contributed by atoms with E-state index in [-0.39, 0.29) is 22.2 Å². The molecule has 2 aromatic carbocycles. The maximum atomic E-state index is 12.7. The van der Waals surface area contributed by atoms with E-state index in [1.165, 1.54) is 13.0 Å². The van der Waals surface area contributed by atoms with Gasteiger partial charge in [-0.2, -0.15) is 0 Å². The van der Waals surface area contributed by atoms with Crippen LogP contribution in [0.3, 0.4) is 0 Å². The molecule has 3 aromatic rings. The van der Waals surface area contributed by atoms with Crippen LogP contribution in [-0.4, -0.2) is 10.8 Å². The smallest absolute Gasteiger partial charge is 0.202 e. The Morgan fingerprint density at radius 2 is 1.79 bits per heavy atom. The zero-order chi connectivity index (χ0) is 17.4. The topological polar surface area (TPSA) is 62.0 Å². The van der Waals surface area contributed by atoms with Crippen LogP contribution >= 0.6 is 39.1 Å². The van der Waals surface area contributed by atoms with Crippen molar-refractivity contribution in [3.05, 3.63) is 66.7 Å². The lowest BCUT2D eigenvalue weighted by Crippen LogP contribution is -2.17. The number of pyridine rings is 1. The van der Waals surface area contributed by atoms with E-state index in [4.69, 9.17) is 23.2 Å². The van der Waals surface area contributed by atoms with Gasteiger partial charge in [0.25, 0.3) is 0 Å². The fourth-order valence-corrected chi connectivity index (χ4v) is 3.04. The van der Waals surface area contributed by atoms with E-state index >= 15 is 0 Å². The summed E-state index contributed by atoms with van der Waals surface area (Å²) >= 11 is 15.6. The molecule has 0 saturated carbocycles. The molecule has 4 nitrogen and oxygen atoms in total. The van der Waals surface area contributed by atoms with E-state index in [0.717, 1.165) is 4.47 Å². The number of ketones is 1. The van der Waals surface area contributed by atoms with E-state index in [1.807, 2.05) is 24.3 Å². The quantitative estimate of drug-likeness (QED) is 0.541. The minimum absolute atomic E-state index is 0.0452. The van der Waals surface area contributed by atoms with Crippen molar-refractivity contribution < 1.29 is 4.79 Å². The van der Waals surface area contributed by atoms with Gasteiger partial charge in [0, 0.05) is 15.5 Å². The molecule has 7 heteroatoms. The molecular formula is C17H11BrCl2N2O2. The molecular weight excluding hydrogens is 415 g/mol. The standard InChI is InChI=1S/C17H11BrCl2N2O2/c1-8(23)13-16(24)11-6-7-12(19)14(20)15(11)22-17(13)21-10-4-2-9(18)3-5-10/h2-7H,1H3,(H2,21,22,24). The summed E-state index contributed by atoms with van der Waals surface area (Å²) in [6, 6.07) is 10.4. The van der Waals surface area contributed by atoms with Crippen LogP contribution in [0.5, 0.6) is 0 Å². The number of carbonyl (C=O) groups is 1. The normalized spacial score (nSPS) is 10.8. The molecule has 0 spiro atoms. The number of Topliss-reactive ketones (excluding diaryl/α,β-unsaturated/α-hetero) is 1. The molecule has 0 radical (unpaired) electrons. The van der Waals surface area contributed by atoms with Crippen molar-refractivity contribution >= 4 is 67.3 Å². The number of aromatic amines is 1. The highest BCUT2D eigenvalue weighted by atomic mass is 79.9. The molecule has 0 aliphatic rings. The Bertz CT molecular complexity index is 1010. The molecule has 0 atom stereocenters. The molecule has 0 saturated heterocycles. The summed E-state index contributed by atoms with van der Waals surface area (Å²) in [5.74, 6) is -0.0599. The van der Waals surface area contributed by atoms with Gasteiger partial charge in [0.2, 0.25) is 5.43 Å². The van der Waals surface area contributed by atoms with Gasteiger partial charge in [-0.3, -0.25) is 9.59 Å².